The van der Waals surface area contributed by atoms with Gasteiger partial charge in [-0.3, -0.25) is 4.79 Å². The number of carbonyl (C=O) groups is 1. The van der Waals surface area contributed by atoms with E-state index >= 15 is 0 Å². The van der Waals surface area contributed by atoms with Crippen molar-refractivity contribution in [3.63, 3.8) is 0 Å². The van der Waals surface area contributed by atoms with Crippen LogP contribution < -0.4 is 4.74 Å². The van der Waals surface area contributed by atoms with E-state index in [1.807, 2.05) is 18.2 Å². The van der Waals surface area contributed by atoms with Gasteiger partial charge in [-0.05, 0) is 31.4 Å². The first-order valence-electron chi connectivity index (χ1n) is 5.66. The summed E-state index contributed by atoms with van der Waals surface area (Å²) < 4.78 is 5.68. The smallest absolute Gasteiger partial charge is 0.309 e. The molecule has 0 aromatic heterocycles. The summed E-state index contributed by atoms with van der Waals surface area (Å²) in [6.07, 6.45) is 2.25. The summed E-state index contributed by atoms with van der Waals surface area (Å²) >= 11 is 5.99. The second-order valence-corrected chi connectivity index (χ2v) is 5.74. The molecule has 0 spiro atoms. The predicted molar refractivity (Wildman–Crippen MR) is 63.3 cm³/mol. The second kappa shape index (κ2) is 3.39. The van der Waals surface area contributed by atoms with Crippen LogP contribution >= 0.6 is 11.6 Å². The molecule has 0 aliphatic heterocycles. The lowest BCUT2D eigenvalue weighted by Crippen LogP contribution is -2.67. The van der Waals surface area contributed by atoms with E-state index in [1.165, 1.54) is 0 Å². The normalized spacial score (nSPS) is 33.5. The average Bonchev–Trinajstić information content (AvgIpc) is 2.16. The van der Waals surface area contributed by atoms with E-state index in [0.29, 0.717) is 17.4 Å². The molecule has 0 saturated heterocycles. The third-order valence-corrected chi connectivity index (χ3v) is 4.28. The lowest BCUT2D eigenvalue weighted by molar-refractivity contribution is -0.231. The summed E-state index contributed by atoms with van der Waals surface area (Å²) in [5.74, 6) is 0.0281. The van der Waals surface area contributed by atoms with Crippen molar-refractivity contribution in [1.82, 2.24) is 0 Å². The number of rotatable bonds is 4. The minimum absolute atomic E-state index is 0.0948. The molecule has 1 N–H and O–H groups in total. The maximum absolute atomic E-state index is 10.9. The first-order valence-corrected chi connectivity index (χ1v) is 6.04. The Morgan fingerprint density at radius 3 is 2.59 bits per heavy atom. The third kappa shape index (κ3) is 1.53. The van der Waals surface area contributed by atoms with Crippen LogP contribution in [-0.2, 0) is 4.79 Å². The van der Waals surface area contributed by atoms with Crippen LogP contribution in [0.15, 0.2) is 24.3 Å². The number of ether oxygens (including phenoxy) is 1. The average molecular weight is 253 g/mol. The molecule has 1 aromatic rings. The van der Waals surface area contributed by atoms with Crippen LogP contribution in [0.4, 0.5) is 0 Å². The highest BCUT2D eigenvalue weighted by Gasteiger charge is 2.72. The Morgan fingerprint density at radius 2 is 2.00 bits per heavy atom. The largest absolute Gasteiger partial charge is 0.491 e. The highest BCUT2D eigenvalue weighted by molar-refractivity contribution is 6.32. The van der Waals surface area contributed by atoms with E-state index in [-0.39, 0.29) is 5.41 Å². The molecule has 1 aromatic carbocycles. The Kier molecular flexibility index (Phi) is 2.17. The number of benzene rings is 1. The number of aliphatic carboxylic acids is 1. The van der Waals surface area contributed by atoms with Crippen molar-refractivity contribution in [2.24, 2.45) is 10.8 Å². The van der Waals surface area contributed by atoms with Gasteiger partial charge in [0.15, 0.2) is 0 Å². The monoisotopic (exact) mass is 252 g/mol. The van der Waals surface area contributed by atoms with E-state index in [1.54, 1.807) is 6.07 Å². The molecular weight excluding hydrogens is 240 g/mol. The fraction of sp³-hybridized carbons (Fsp3) is 0.462. The van der Waals surface area contributed by atoms with Crippen LogP contribution in [0, 0.1) is 10.8 Å². The van der Waals surface area contributed by atoms with Crippen molar-refractivity contribution in [3.05, 3.63) is 29.3 Å². The van der Waals surface area contributed by atoms with Crippen LogP contribution in [0.1, 0.15) is 19.3 Å². The molecule has 3 fully saturated rings. The van der Waals surface area contributed by atoms with Crippen LogP contribution in [0.5, 0.6) is 5.75 Å². The summed E-state index contributed by atoms with van der Waals surface area (Å²) in [4.78, 5) is 10.9. The first kappa shape index (κ1) is 10.9. The van der Waals surface area contributed by atoms with E-state index in [9.17, 15) is 4.79 Å². The zero-order chi connectivity index (χ0) is 12.1. The maximum atomic E-state index is 10.9. The van der Waals surface area contributed by atoms with Crippen molar-refractivity contribution >= 4 is 17.6 Å². The molecule has 90 valence electrons. The standard InChI is InChI=1S/C13H13ClO3/c14-9-3-1-2-4-10(9)17-8-12-5-13(6-12,7-12)11(15)16/h1-4H,5-8H2,(H,15,16). The van der Waals surface area contributed by atoms with E-state index < -0.39 is 11.4 Å². The van der Waals surface area contributed by atoms with E-state index in [2.05, 4.69) is 0 Å². The van der Waals surface area contributed by atoms with Gasteiger partial charge in [-0.15, -0.1) is 0 Å². The molecule has 0 heterocycles. The minimum Gasteiger partial charge on any atom is -0.491 e. The van der Waals surface area contributed by atoms with Gasteiger partial charge < -0.3 is 9.84 Å². The first-order chi connectivity index (χ1) is 8.05. The fourth-order valence-electron chi connectivity index (χ4n) is 3.17. The van der Waals surface area contributed by atoms with E-state index in [4.69, 9.17) is 21.4 Å². The van der Waals surface area contributed by atoms with Gasteiger partial charge in [-0.1, -0.05) is 23.7 Å². The number of carboxylic acids is 1. The zero-order valence-corrected chi connectivity index (χ0v) is 10.0. The molecule has 4 rings (SSSR count). The number of para-hydroxylation sites is 1. The molecule has 4 heteroatoms. The molecule has 3 aliphatic rings. The lowest BCUT2D eigenvalue weighted by Gasteiger charge is -2.67. The van der Waals surface area contributed by atoms with Gasteiger partial charge in [0.1, 0.15) is 5.75 Å². The summed E-state index contributed by atoms with van der Waals surface area (Å²) in [5.41, 5.74) is -0.332. The van der Waals surface area contributed by atoms with Gasteiger partial charge in [0.2, 0.25) is 0 Å². The molecule has 2 bridgehead atoms. The summed E-state index contributed by atoms with van der Waals surface area (Å²) in [5, 5.41) is 9.62. The van der Waals surface area contributed by atoms with Gasteiger partial charge in [0.05, 0.1) is 17.0 Å². The Balaban J connectivity index is 1.59. The lowest BCUT2D eigenvalue weighted by atomic mass is 9.35. The zero-order valence-electron chi connectivity index (χ0n) is 9.28. The summed E-state index contributed by atoms with van der Waals surface area (Å²) in [7, 11) is 0. The fourth-order valence-corrected chi connectivity index (χ4v) is 3.36. The topological polar surface area (TPSA) is 46.5 Å². The van der Waals surface area contributed by atoms with Crippen LogP contribution in [0.2, 0.25) is 5.02 Å². The summed E-state index contributed by atoms with van der Waals surface area (Å²) in [6.45, 7) is 0.575. The SMILES string of the molecule is O=C(O)C12CC(COc3ccccc3Cl)(C1)C2. The van der Waals surface area contributed by atoms with Crippen molar-refractivity contribution < 1.29 is 14.6 Å². The molecule has 0 amide bonds. The maximum Gasteiger partial charge on any atom is 0.309 e. The van der Waals surface area contributed by atoms with Gasteiger partial charge in [0, 0.05) is 5.41 Å². The van der Waals surface area contributed by atoms with E-state index in [0.717, 1.165) is 19.3 Å². The minimum atomic E-state index is -0.655. The Hall–Kier alpha value is -1.22. The van der Waals surface area contributed by atoms with Gasteiger partial charge in [-0.2, -0.15) is 0 Å². The summed E-state index contributed by atoms with van der Waals surface area (Å²) in [6, 6.07) is 7.36. The highest BCUT2D eigenvalue weighted by Crippen LogP contribution is 2.73. The molecule has 17 heavy (non-hydrogen) atoms. The third-order valence-electron chi connectivity index (χ3n) is 3.96. The Labute approximate surface area is 104 Å². The molecule has 0 unspecified atom stereocenters. The van der Waals surface area contributed by atoms with Crippen molar-refractivity contribution in [1.29, 1.82) is 0 Å². The molecule has 3 aliphatic carbocycles. The molecule has 0 atom stereocenters. The number of halogens is 1. The Bertz CT molecular complexity index is 464. The van der Waals surface area contributed by atoms with Crippen molar-refractivity contribution in [3.8, 4) is 5.75 Å². The van der Waals surface area contributed by atoms with Crippen LogP contribution in [0.3, 0.4) is 0 Å². The van der Waals surface area contributed by atoms with Crippen molar-refractivity contribution in [2.75, 3.05) is 6.61 Å². The van der Waals surface area contributed by atoms with Gasteiger partial charge in [-0.25, -0.2) is 0 Å². The van der Waals surface area contributed by atoms with Crippen LogP contribution in [0.25, 0.3) is 0 Å². The predicted octanol–water partition coefficient (Wildman–Crippen LogP) is 2.97. The van der Waals surface area contributed by atoms with Gasteiger partial charge >= 0.3 is 5.97 Å². The molecule has 3 nitrogen and oxygen atoms in total. The number of carboxylic acid groups (broad SMARTS) is 1. The van der Waals surface area contributed by atoms with Gasteiger partial charge in [0.25, 0.3) is 0 Å². The van der Waals surface area contributed by atoms with Crippen LogP contribution in [-0.4, -0.2) is 17.7 Å². The molecule has 0 radical (unpaired) electrons. The number of hydrogen-bond donors (Lipinski definition) is 1. The second-order valence-electron chi connectivity index (χ2n) is 5.33. The highest BCUT2D eigenvalue weighted by atomic mass is 35.5. The van der Waals surface area contributed by atoms with Crippen molar-refractivity contribution in [2.45, 2.75) is 19.3 Å². The quantitative estimate of drug-likeness (QED) is 0.896. The Morgan fingerprint density at radius 1 is 1.35 bits per heavy atom. The number of hydrogen-bond acceptors (Lipinski definition) is 2. The molecule has 3 saturated carbocycles. The molecular formula is C13H13ClO3.